The normalized spacial score (nSPS) is 16.2. The van der Waals surface area contributed by atoms with Crippen LogP contribution in [-0.2, 0) is 4.79 Å². The Bertz CT molecular complexity index is 520. The summed E-state index contributed by atoms with van der Waals surface area (Å²) >= 11 is 4.77. The van der Waals surface area contributed by atoms with Gasteiger partial charge >= 0.3 is 0 Å². The van der Waals surface area contributed by atoms with E-state index in [1.807, 2.05) is 0 Å². The second kappa shape index (κ2) is 4.24. The molecule has 0 radical (unpaired) electrons. The summed E-state index contributed by atoms with van der Waals surface area (Å²) in [5, 5.41) is 2.28. The van der Waals surface area contributed by atoms with Crippen molar-refractivity contribution in [1.29, 1.82) is 0 Å². The SMILES string of the molecule is NC(=S)C1(C(=O)Nc2cc(F)c(F)c(F)c2)CC1. The number of carbonyl (C=O) groups is 1. The zero-order chi connectivity index (χ0) is 13.5. The standard InChI is InChI=1S/C11H9F3N2OS/c12-6-3-5(4-7(13)8(6)14)16-10(17)11(1-2-11)9(15)18/h3-4H,1-2H2,(H2,15,18)(H,16,17). The van der Waals surface area contributed by atoms with Crippen LogP contribution < -0.4 is 11.1 Å². The molecule has 0 aromatic heterocycles. The van der Waals surface area contributed by atoms with Crippen molar-refractivity contribution in [2.24, 2.45) is 11.1 Å². The van der Waals surface area contributed by atoms with Crippen LogP contribution in [-0.4, -0.2) is 10.9 Å². The van der Waals surface area contributed by atoms with Crippen molar-refractivity contribution < 1.29 is 18.0 Å². The largest absolute Gasteiger partial charge is 0.392 e. The van der Waals surface area contributed by atoms with Gasteiger partial charge in [-0.3, -0.25) is 4.79 Å². The summed E-state index contributed by atoms with van der Waals surface area (Å²) < 4.78 is 38.6. The van der Waals surface area contributed by atoms with Crippen molar-refractivity contribution in [3.05, 3.63) is 29.6 Å². The van der Waals surface area contributed by atoms with Gasteiger partial charge in [-0.2, -0.15) is 0 Å². The number of amides is 1. The molecule has 1 aromatic rings. The molecule has 0 unspecified atom stereocenters. The minimum atomic E-state index is -1.58. The van der Waals surface area contributed by atoms with E-state index in [1.54, 1.807) is 0 Å². The van der Waals surface area contributed by atoms with Crippen LogP contribution in [0.2, 0.25) is 0 Å². The van der Waals surface area contributed by atoms with E-state index in [0.29, 0.717) is 25.0 Å². The molecular formula is C11H9F3N2OS. The van der Waals surface area contributed by atoms with Gasteiger partial charge in [-0.05, 0) is 12.8 Å². The zero-order valence-corrected chi connectivity index (χ0v) is 9.91. The molecule has 0 atom stereocenters. The predicted molar refractivity (Wildman–Crippen MR) is 63.4 cm³/mol. The highest BCUT2D eigenvalue weighted by atomic mass is 32.1. The first-order valence-corrected chi connectivity index (χ1v) is 5.53. The highest BCUT2D eigenvalue weighted by Gasteiger charge is 2.52. The lowest BCUT2D eigenvalue weighted by atomic mass is 10.1. The Morgan fingerprint density at radius 3 is 2.17 bits per heavy atom. The minimum absolute atomic E-state index is 0.0445. The summed E-state index contributed by atoms with van der Waals surface area (Å²) in [6, 6.07) is 1.40. The third-order valence-corrected chi connectivity index (χ3v) is 3.29. The molecule has 7 heteroatoms. The van der Waals surface area contributed by atoms with E-state index in [-0.39, 0.29) is 10.7 Å². The van der Waals surface area contributed by atoms with E-state index in [9.17, 15) is 18.0 Å². The molecule has 96 valence electrons. The van der Waals surface area contributed by atoms with E-state index >= 15 is 0 Å². The van der Waals surface area contributed by atoms with Crippen LogP contribution in [0.1, 0.15) is 12.8 Å². The Hall–Kier alpha value is -1.63. The van der Waals surface area contributed by atoms with Gasteiger partial charge < -0.3 is 11.1 Å². The summed E-state index contributed by atoms with van der Waals surface area (Å²) in [6.45, 7) is 0. The molecule has 1 aliphatic rings. The fourth-order valence-corrected chi connectivity index (χ4v) is 1.89. The number of halogens is 3. The molecule has 1 aromatic carbocycles. The molecule has 0 heterocycles. The topological polar surface area (TPSA) is 55.1 Å². The molecule has 0 saturated heterocycles. The van der Waals surface area contributed by atoms with Crippen LogP contribution in [0.4, 0.5) is 18.9 Å². The second-order valence-electron chi connectivity index (χ2n) is 4.15. The molecular weight excluding hydrogens is 265 g/mol. The maximum atomic E-state index is 12.9. The Balaban J connectivity index is 2.20. The monoisotopic (exact) mass is 274 g/mol. The molecule has 0 aliphatic heterocycles. The third-order valence-electron chi connectivity index (χ3n) is 2.90. The quantitative estimate of drug-likeness (QED) is 0.655. The van der Waals surface area contributed by atoms with E-state index in [2.05, 4.69) is 5.32 Å². The van der Waals surface area contributed by atoms with Crippen molar-refractivity contribution in [3.63, 3.8) is 0 Å². The van der Waals surface area contributed by atoms with Crippen LogP contribution in [0.5, 0.6) is 0 Å². The fraction of sp³-hybridized carbons (Fsp3) is 0.273. The number of nitrogens with one attached hydrogen (secondary N) is 1. The molecule has 2 rings (SSSR count). The third kappa shape index (κ3) is 2.05. The number of benzene rings is 1. The molecule has 18 heavy (non-hydrogen) atoms. The number of nitrogens with two attached hydrogens (primary N) is 1. The average Bonchev–Trinajstić information content (AvgIpc) is 3.06. The van der Waals surface area contributed by atoms with Gasteiger partial charge in [0, 0.05) is 17.8 Å². The van der Waals surface area contributed by atoms with Crippen molar-refractivity contribution >= 4 is 28.8 Å². The van der Waals surface area contributed by atoms with Crippen molar-refractivity contribution in [2.45, 2.75) is 12.8 Å². The van der Waals surface area contributed by atoms with Crippen molar-refractivity contribution in [1.82, 2.24) is 0 Å². The van der Waals surface area contributed by atoms with Gasteiger partial charge in [0.1, 0.15) is 0 Å². The zero-order valence-electron chi connectivity index (χ0n) is 9.10. The highest BCUT2D eigenvalue weighted by Crippen LogP contribution is 2.46. The van der Waals surface area contributed by atoms with E-state index in [4.69, 9.17) is 18.0 Å². The number of rotatable bonds is 3. The van der Waals surface area contributed by atoms with Crippen LogP contribution in [0.15, 0.2) is 12.1 Å². The summed E-state index contributed by atoms with van der Waals surface area (Å²) in [5.74, 6) is -4.85. The first-order chi connectivity index (χ1) is 8.36. The number of hydrogen-bond acceptors (Lipinski definition) is 2. The van der Waals surface area contributed by atoms with Gasteiger partial charge in [0.2, 0.25) is 5.91 Å². The summed E-state index contributed by atoms with van der Waals surface area (Å²) in [5.41, 5.74) is 4.33. The van der Waals surface area contributed by atoms with Crippen molar-refractivity contribution in [3.8, 4) is 0 Å². The smallest absolute Gasteiger partial charge is 0.237 e. The van der Waals surface area contributed by atoms with Crippen LogP contribution >= 0.6 is 12.2 Å². The van der Waals surface area contributed by atoms with Gasteiger partial charge in [-0.15, -0.1) is 0 Å². The summed E-state index contributed by atoms with van der Waals surface area (Å²) in [7, 11) is 0. The fourth-order valence-electron chi connectivity index (χ4n) is 1.59. The van der Waals surface area contributed by atoms with Gasteiger partial charge in [0.25, 0.3) is 0 Å². The first kappa shape index (κ1) is 12.8. The lowest BCUT2D eigenvalue weighted by Crippen LogP contribution is -2.35. The first-order valence-electron chi connectivity index (χ1n) is 5.13. The maximum absolute atomic E-state index is 12.9. The Morgan fingerprint density at radius 2 is 1.78 bits per heavy atom. The van der Waals surface area contributed by atoms with E-state index in [0.717, 1.165) is 0 Å². The lowest BCUT2D eigenvalue weighted by Gasteiger charge is -2.13. The van der Waals surface area contributed by atoms with E-state index in [1.165, 1.54) is 0 Å². The minimum Gasteiger partial charge on any atom is -0.392 e. The molecule has 0 bridgehead atoms. The Labute approximate surface area is 106 Å². The van der Waals surface area contributed by atoms with Gasteiger partial charge in [0.15, 0.2) is 17.5 Å². The highest BCUT2D eigenvalue weighted by molar-refractivity contribution is 7.80. The summed E-state index contributed by atoms with van der Waals surface area (Å²) in [6.07, 6.45) is 1.00. The molecule has 3 nitrogen and oxygen atoms in total. The average molecular weight is 274 g/mol. The van der Waals surface area contributed by atoms with Crippen molar-refractivity contribution in [2.75, 3.05) is 5.32 Å². The Morgan fingerprint density at radius 1 is 1.28 bits per heavy atom. The molecule has 1 saturated carbocycles. The van der Waals surface area contributed by atoms with Gasteiger partial charge in [-0.25, -0.2) is 13.2 Å². The van der Waals surface area contributed by atoms with Gasteiger partial charge in [0.05, 0.1) is 10.4 Å². The number of anilines is 1. The lowest BCUT2D eigenvalue weighted by molar-refractivity contribution is -0.118. The summed E-state index contributed by atoms with van der Waals surface area (Å²) in [4.78, 5) is 11.9. The van der Waals surface area contributed by atoms with Crippen LogP contribution in [0, 0.1) is 22.9 Å². The van der Waals surface area contributed by atoms with E-state index < -0.39 is 28.8 Å². The van der Waals surface area contributed by atoms with Crippen LogP contribution in [0.25, 0.3) is 0 Å². The molecule has 1 amide bonds. The maximum Gasteiger partial charge on any atom is 0.237 e. The second-order valence-corrected chi connectivity index (χ2v) is 4.59. The molecule has 3 N–H and O–H groups in total. The molecule has 1 fully saturated rings. The number of carbonyl (C=O) groups excluding carboxylic acids is 1. The molecule has 0 spiro atoms. The van der Waals surface area contributed by atoms with Crippen LogP contribution in [0.3, 0.4) is 0 Å². The number of hydrogen-bond donors (Lipinski definition) is 2. The Kier molecular flexibility index (Phi) is 3.02. The number of thiocarbonyl (C=S) groups is 1. The molecule has 1 aliphatic carbocycles. The van der Waals surface area contributed by atoms with Gasteiger partial charge in [-0.1, -0.05) is 12.2 Å². The predicted octanol–water partition coefficient (Wildman–Crippen LogP) is 2.11.